The quantitative estimate of drug-likeness (QED) is 0.592. The molecule has 78 valence electrons. The van der Waals surface area contributed by atoms with E-state index < -0.39 is 5.91 Å². The van der Waals surface area contributed by atoms with Crippen molar-refractivity contribution < 1.29 is 9.53 Å². The van der Waals surface area contributed by atoms with Gasteiger partial charge in [0.1, 0.15) is 5.75 Å². The Kier molecular flexibility index (Phi) is 4.17. The highest BCUT2D eigenvalue weighted by Gasteiger charge is 2.00. The molecule has 4 nitrogen and oxygen atoms in total. The maximum absolute atomic E-state index is 10.9. The Labute approximate surface area is 88.5 Å². The fourth-order valence-corrected chi connectivity index (χ4v) is 1.07. The van der Waals surface area contributed by atoms with Crippen LogP contribution < -0.4 is 10.1 Å². The van der Waals surface area contributed by atoms with Gasteiger partial charge in [0.05, 0.1) is 0 Å². The van der Waals surface area contributed by atoms with Crippen LogP contribution in [0.5, 0.6) is 5.75 Å². The molecule has 0 aromatic heterocycles. The summed E-state index contributed by atoms with van der Waals surface area (Å²) in [4.78, 5) is 10.9. The molecule has 0 aliphatic heterocycles. The summed E-state index contributed by atoms with van der Waals surface area (Å²) in [6.45, 7) is 1.93. The van der Waals surface area contributed by atoms with Gasteiger partial charge >= 0.3 is 0 Å². The third kappa shape index (κ3) is 3.69. The molecule has 1 rings (SSSR count). The fraction of sp³-hybridized carbons (Fsp3) is 0.273. The van der Waals surface area contributed by atoms with Crippen molar-refractivity contribution in [3.63, 3.8) is 0 Å². The zero-order valence-corrected chi connectivity index (χ0v) is 8.49. The number of aryl methyl sites for hydroxylation is 1. The topological polar surface area (TPSA) is 62.1 Å². The van der Waals surface area contributed by atoms with Gasteiger partial charge in [0.25, 0.3) is 5.91 Å². The number of nitrogens with one attached hydrogen (secondary N) is 1. The van der Waals surface area contributed by atoms with Crippen LogP contribution in [-0.4, -0.2) is 12.5 Å². The SMILES string of the molecule is CCc1ccc(OCC(=O)NC#N)cc1. The van der Waals surface area contributed by atoms with Crippen molar-refractivity contribution in [1.29, 1.82) is 5.26 Å². The van der Waals surface area contributed by atoms with Gasteiger partial charge in [-0.1, -0.05) is 19.1 Å². The molecule has 0 bridgehead atoms. The maximum atomic E-state index is 10.9. The second-order valence-corrected chi connectivity index (χ2v) is 2.95. The number of benzene rings is 1. The predicted molar refractivity (Wildman–Crippen MR) is 55.1 cm³/mol. The van der Waals surface area contributed by atoms with E-state index in [9.17, 15) is 4.79 Å². The molecule has 0 unspecified atom stereocenters. The fourth-order valence-electron chi connectivity index (χ4n) is 1.07. The second kappa shape index (κ2) is 5.66. The summed E-state index contributed by atoms with van der Waals surface area (Å²) in [5.74, 6) is 0.178. The van der Waals surface area contributed by atoms with Gasteiger partial charge in [-0.25, -0.2) is 0 Å². The molecule has 0 saturated carbocycles. The summed E-state index contributed by atoms with van der Waals surface area (Å²) in [6, 6.07) is 7.49. The van der Waals surface area contributed by atoms with Crippen molar-refractivity contribution >= 4 is 5.91 Å². The van der Waals surface area contributed by atoms with Crippen molar-refractivity contribution in [3.8, 4) is 11.9 Å². The molecule has 0 spiro atoms. The molecule has 0 heterocycles. The average molecular weight is 204 g/mol. The van der Waals surface area contributed by atoms with Crippen LogP contribution >= 0.6 is 0 Å². The van der Waals surface area contributed by atoms with Gasteiger partial charge in [0.15, 0.2) is 12.8 Å². The lowest BCUT2D eigenvalue weighted by molar-refractivity contribution is -0.121. The highest BCUT2D eigenvalue weighted by Crippen LogP contribution is 2.12. The van der Waals surface area contributed by atoms with E-state index in [1.807, 2.05) is 17.4 Å². The minimum absolute atomic E-state index is 0.140. The van der Waals surface area contributed by atoms with Gasteiger partial charge in [-0.15, -0.1) is 0 Å². The first-order valence-electron chi connectivity index (χ1n) is 4.66. The molecule has 15 heavy (non-hydrogen) atoms. The Morgan fingerprint density at radius 2 is 2.13 bits per heavy atom. The zero-order chi connectivity index (χ0) is 11.1. The van der Waals surface area contributed by atoms with E-state index in [1.165, 1.54) is 5.56 Å². The molecule has 0 fully saturated rings. The van der Waals surface area contributed by atoms with Gasteiger partial charge < -0.3 is 4.74 Å². The first-order valence-corrected chi connectivity index (χ1v) is 4.66. The lowest BCUT2D eigenvalue weighted by Crippen LogP contribution is -2.24. The molecule has 1 amide bonds. The molecular weight excluding hydrogens is 192 g/mol. The molecular formula is C11H12N2O2. The van der Waals surface area contributed by atoms with Crippen molar-refractivity contribution in [1.82, 2.24) is 5.32 Å². The second-order valence-electron chi connectivity index (χ2n) is 2.95. The molecule has 1 aromatic carbocycles. The highest BCUT2D eigenvalue weighted by atomic mass is 16.5. The van der Waals surface area contributed by atoms with Crippen LogP contribution in [0.1, 0.15) is 12.5 Å². The smallest absolute Gasteiger partial charge is 0.270 e. The molecule has 1 aromatic rings. The van der Waals surface area contributed by atoms with E-state index >= 15 is 0 Å². The van der Waals surface area contributed by atoms with Gasteiger partial charge in [0, 0.05) is 0 Å². The number of amides is 1. The Hall–Kier alpha value is -2.02. The standard InChI is InChI=1S/C11H12N2O2/c1-2-9-3-5-10(6-4-9)15-7-11(14)13-8-12/h3-6H,2,7H2,1H3,(H,13,14). The minimum atomic E-state index is -0.447. The van der Waals surface area contributed by atoms with Crippen LogP contribution in [0.2, 0.25) is 0 Å². The Morgan fingerprint density at radius 1 is 1.47 bits per heavy atom. The van der Waals surface area contributed by atoms with E-state index in [-0.39, 0.29) is 6.61 Å². The van der Waals surface area contributed by atoms with E-state index in [1.54, 1.807) is 18.3 Å². The first-order chi connectivity index (χ1) is 7.26. The number of nitriles is 1. The number of nitrogens with zero attached hydrogens (tertiary/aromatic N) is 1. The van der Waals surface area contributed by atoms with E-state index in [2.05, 4.69) is 6.92 Å². The number of hydrogen-bond donors (Lipinski definition) is 1. The van der Waals surface area contributed by atoms with Crippen LogP contribution in [-0.2, 0) is 11.2 Å². The van der Waals surface area contributed by atoms with Gasteiger partial charge in [-0.05, 0) is 24.1 Å². The van der Waals surface area contributed by atoms with E-state index in [0.717, 1.165) is 6.42 Å². The third-order valence-corrected chi connectivity index (χ3v) is 1.90. The number of carbonyl (C=O) groups excluding carboxylic acids is 1. The van der Waals surface area contributed by atoms with E-state index in [4.69, 9.17) is 10.00 Å². The molecule has 4 heteroatoms. The van der Waals surface area contributed by atoms with Crippen LogP contribution in [0, 0.1) is 11.5 Å². The molecule has 1 N–H and O–H groups in total. The average Bonchev–Trinajstić information content (AvgIpc) is 2.27. The normalized spacial score (nSPS) is 9.07. The van der Waals surface area contributed by atoms with Gasteiger partial charge in [-0.2, -0.15) is 5.26 Å². The summed E-state index contributed by atoms with van der Waals surface area (Å²) < 4.78 is 5.16. The first kappa shape index (κ1) is 11.1. The third-order valence-electron chi connectivity index (χ3n) is 1.90. The van der Waals surface area contributed by atoms with Crippen LogP contribution in [0.15, 0.2) is 24.3 Å². The van der Waals surface area contributed by atoms with E-state index in [0.29, 0.717) is 5.75 Å². The van der Waals surface area contributed by atoms with Crippen LogP contribution in [0.25, 0.3) is 0 Å². The maximum Gasteiger partial charge on any atom is 0.270 e. The largest absolute Gasteiger partial charge is 0.484 e. The summed E-state index contributed by atoms with van der Waals surface area (Å²) in [6.07, 6.45) is 2.51. The molecule has 0 aliphatic rings. The summed E-state index contributed by atoms with van der Waals surface area (Å²) in [5.41, 5.74) is 1.21. The van der Waals surface area contributed by atoms with Crippen molar-refractivity contribution in [3.05, 3.63) is 29.8 Å². The Balaban J connectivity index is 2.45. The number of carbonyl (C=O) groups is 1. The molecule has 0 atom stereocenters. The number of rotatable bonds is 4. The predicted octanol–water partition coefficient (Wildman–Crippen LogP) is 1.23. The van der Waals surface area contributed by atoms with Crippen LogP contribution in [0.4, 0.5) is 0 Å². The monoisotopic (exact) mass is 204 g/mol. The Bertz CT molecular complexity index is 365. The number of hydrogen-bond acceptors (Lipinski definition) is 3. The number of ether oxygens (including phenoxy) is 1. The Morgan fingerprint density at radius 3 is 2.67 bits per heavy atom. The summed E-state index contributed by atoms with van der Waals surface area (Å²) in [7, 11) is 0. The molecule has 0 radical (unpaired) electrons. The van der Waals surface area contributed by atoms with Crippen molar-refractivity contribution in [2.24, 2.45) is 0 Å². The summed E-state index contributed by atoms with van der Waals surface area (Å²) >= 11 is 0. The highest BCUT2D eigenvalue weighted by molar-refractivity contribution is 5.78. The molecule has 0 aliphatic carbocycles. The minimum Gasteiger partial charge on any atom is -0.484 e. The zero-order valence-electron chi connectivity index (χ0n) is 8.49. The van der Waals surface area contributed by atoms with Gasteiger partial charge in [0.2, 0.25) is 0 Å². The lowest BCUT2D eigenvalue weighted by atomic mass is 10.2. The molecule has 0 saturated heterocycles. The van der Waals surface area contributed by atoms with Crippen LogP contribution in [0.3, 0.4) is 0 Å². The lowest BCUT2D eigenvalue weighted by Gasteiger charge is -2.04. The van der Waals surface area contributed by atoms with Gasteiger partial charge in [-0.3, -0.25) is 10.1 Å². The van der Waals surface area contributed by atoms with Crippen molar-refractivity contribution in [2.75, 3.05) is 6.61 Å². The summed E-state index contributed by atoms with van der Waals surface area (Å²) in [5, 5.41) is 10.1. The van der Waals surface area contributed by atoms with Crippen molar-refractivity contribution in [2.45, 2.75) is 13.3 Å².